The number of thiocarbonyl (C=S) groups is 1. The Bertz CT molecular complexity index is 544. The normalized spacial score (nSPS) is 20.5. The molecule has 5 heteroatoms. The van der Waals surface area contributed by atoms with Gasteiger partial charge in [-0.1, -0.05) is 18.2 Å². The zero-order chi connectivity index (χ0) is 16.3. The quantitative estimate of drug-likeness (QED) is 0.866. The molecule has 0 aromatic heterocycles. The van der Waals surface area contributed by atoms with E-state index in [0.717, 1.165) is 12.1 Å². The molecule has 22 heavy (non-hydrogen) atoms. The number of nitrogens with one attached hydrogen (secondary N) is 1. The highest BCUT2D eigenvalue weighted by Gasteiger charge is 2.34. The van der Waals surface area contributed by atoms with Crippen LogP contribution in [0.25, 0.3) is 0 Å². The molecule has 2 rings (SSSR count). The average Bonchev–Trinajstić information content (AvgIpc) is 2.44. The molecule has 0 bridgehead atoms. The van der Waals surface area contributed by atoms with Crippen LogP contribution in [0.5, 0.6) is 0 Å². The summed E-state index contributed by atoms with van der Waals surface area (Å²) < 4.78 is 0. The van der Waals surface area contributed by atoms with Crippen LogP contribution in [0.1, 0.15) is 34.1 Å². The molecule has 1 amide bonds. The maximum Gasteiger partial charge on any atom is 0.246 e. The number of carbonyl (C=O) groups is 1. The maximum atomic E-state index is 12.7. The van der Waals surface area contributed by atoms with E-state index in [0.29, 0.717) is 18.2 Å². The SMILES string of the molecule is CCN(C(=O)CN1C(=S)NC(C)(C)CC1C)c1ccccc1. The molecule has 0 radical (unpaired) electrons. The molecule has 1 saturated heterocycles. The Hall–Kier alpha value is -1.62. The van der Waals surface area contributed by atoms with Gasteiger partial charge in [0, 0.05) is 23.8 Å². The number of benzene rings is 1. The summed E-state index contributed by atoms with van der Waals surface area (Å²) in [5, 5.41) is 3.99. The monoisotopic (exact) mass is 319 g/mol. The Balaban J connectivity index is 2.09. The van der Waals surface area contributed by atoms with E-state index in [2.05, 4.69) is 26.1 Å². The van der Waals surface area contributed by atoms with Gasteiger partial charge in [-0.25, -0.2) is 0 Å². The van der Waals surface area contributed by atoms with Gasteiger partial charge in [0.15, 0.2) is 5.11 Å². The second-order valence-corrected chi connectivity index (χ2v) is 6.86. The number of hydrogen-bond donors (Lipinski definition) is 1. The summed E-state index contributed by atoms with van der Waals surface area (Å²) in [5.41, 5.74) is 0.916. The van der Waals surface area contributed by atoms with Crippen molar-refractivity contribution in [2.24, 2.45) is 0 Å². The first-order valence-corrected chi connectivity index (χ1v) is 8.19. The standard InChI is InChI=1S/C17H25N3OS/c1-5-19(14-9-7-6-8-10-14)15(21)12-20-13(2)11-17(3,4)18-16(20)22/h6-10,13H,5,11-12H2,1-4H3,(H,18,22). The predicted octanol–water partition coefficient (Wildman–Crippen LogP) is 2.79. The molecule has 4 nitrogen and oxygen atoms in total. The summed E-state index contributed by atoms with van der Waals surface area (Å²) in [6, 6.07) is 10.0. The molecular weight excluding hydrogens is 294 g/mol. The smallest absolute Gasteiger partial charge is 0.246 e. The van der Waals surface area contributed by atoms with E-state index in [1.165, 1.54) is 0 Å². The summed E-state index contributed by atoms with van der Waals surface area (Å²) in [7, 11) is 0. The van der Waals surface area contributed by atoms with Gasteiger partial charge in [-0.05, 0) is 58.5 Å². The molecule has 1 aliphatic heterocycles. The molecule has 1 heterocycles. The maximum absolute atomic E-state index is 12.7. The van der Waals surface area contributed by atoms with Crippen molar-refractivity contribution in [3.63, 3.8) is 0 Å². The second kappa shape index (κ2) is 6.65. The van der Waals surface area contributed by atoms with Gasteiger partial charge in [-0.15, -0.1) is 0 Å². The van der Waals surface area contributed by atoms with E-state index in [1.54, 1.807) is 4.90 Å². The number of anilines is 1. The van der Waals surface area contributed by atoms with Gasteiger partial charge in [0.2, 0.25) is 5.91 Å². The molecule has 0 saturated carbocycles. The molecule has 0 aliphatic carbocycles. The van der Waals surface area contributed by atoms with E-state index >= 15 is 0 Å². The minimum atomic E-state index is -0.0140. The molecular formula is C17H25N3OS. The first kappa shape index (κ1) is 16.7. The number of amides is 1. The number of carbonyl (C=O) groups excluding carboxylic acids is 1. The Morgan fingerprint density at radius 2 is 2.05 bits per heavy atom. The van der Waals surface area contributed by atoms with E-state index in [-0.39, 0.29) is 17.5 Å². The highest BCUT2D eigenvalue weighted by atomic mass is 32.1. The lowest BCUT2D eigenvalue weighted by molar-refractivity contribution is -0.119. The van der Waals surface area contributed by atoms with Crippen LogP contribution in [0.15, 0.2) is 30.3 Å². The van der Waals surface area contributed by atoms with Crippen LogP contribution in [0, 0.1) is 0 Å². The number of likely N-dealkylation sites (N-methyl/N-ethyl adjacent to an activating group) is 1. The minimum Gasteiger partial charge on any atom is -0.358 e. The summed E-state index contributed by atoms with van der Waals surface area (Å²) in [5.74, 6) is 0.0735. The van der Waals surface area contributed by atoms with Crippen LogP contribution >= 0.6 is 12.2 Å². The molecule has 1 aromatic carbocycles. The second-order valence-electron chi connectivity index (χ2n) is 6.47. The minimum absolute atomic E-state index is 0.0140. The van der Waals surface area contributed by atoms with Crippen LogP contribution in [0.2, 0.25) is 0 Å². The number of rotatable bonds is 4. The Kier molecular flexibility index (Phi) is 5.06. The summed E-state index contributed by atoms with van der Waals surface area (Å²) in [6.45, 7) is 9.35. The Morgan fingerprint density at radius 1 is 1.41 bits per heavy atom. The highest BCUT2D eigenvalue weighted by molar-refractivity contribution is 7.80. The number of para-hydroxylation sites is 1. The molecule has 1 fully saturated rings. The zero-order valence-corrected chi connectivity index (χ0v) is 14.6. The third-order valence-corrected chi connectivity index (χ3v) is 4.37. The third-order valence-electron chi connectivity index (χ3n) is 4.03. The van der Waals surface area contributed by atoms with Crippen LogP contribution < -0.4 is 10.2 Å². The van der Waals surface area contributed by atoms with Crippen molar-refractivity contribution >= 4 is 28.9 Å². The largest absolute Gasteiger partial charge is 0.358 e. The Morgan fingerprint density at radius 3 is 2.59 bits per heavy atom. The van der Waals surface area contributed by atoms with Crippen LogP contribution in [0.3, 0.4) is 0 Å². The van der Waals surface area contributed by atoms with Gasteiger partial charge in [-0.2, -0.15) is 0 Å². The zero-order valence-electron chi connectivity index (χ0n) is 13.8. The van der Waals surface area contributed by atoms with E-state index in [1.807, 2.05) is 42.2 Å². The highest BCUT2D eigenvalue weighted by Crippen LogP contribution is 2.22. The van der Waals surface area contributed by atoms with Gasteiger partial charge in [0.1, 0.15) is 0 Å². The third kappa shape index (κ3) is 3.77. The van der Waals surface area contributed by atoms with E-state index < -0.39 is 0 Å². The van der Waals surface area contributed by atoms with Gasteiger partial charge < -0.3 is 15.1 Å². The lowest BCUT2D eigenvalue weighted by atomic mass is 9.93. The van der Waals surface area contributed by atoms with Crippen molar-refractivity contribution in [2.45, 2.75) is 45.7 Å². The van der Waals surface area contributed by atoms with Crippen LogP contribution in [0.4, 0.5) is 5.69 Å². The first-order valence-electron chi connectivity index (χ1n) is 7.78. The average molecular weight is 319 g/mol. The topological polar surface area (TPSA) is 35.6 Å². The summed E-state index contributed by atoms with van der Waals surface area (Å²) >= 11 is 5.46. The fourth-order valence-electron chi connectivity index (χ4n) is 3.03. The molecule has 1 aliphatic rings. The van der Waals surface area contributed by atoms with Gasteiger partial charge >= 0.3 is 0 Å². The van der Waals surface area contributed by atoms with Gasteiger partial charge in [-0.3, -0.25) is 4.79 Å². The molecule has 0 spiro atoms. The van der Waals surface area contributed by atoms with Gasteiger partial charge in [0.05, 0.1) is 6.54 Å². The fraction of sp³-hybridized carbons (Fsp3) is 0.529. The Labute approximate surface area is 138 Å². The fourth-order valence-corrected chi connectivity index (χ4v) is 3.55. The predicted molar refractivity (Wildman–Crippen MR) is 95.1 cm³/mol. The van der Waals surface area contributed by atoms with Crippen molar-refractivity contribution in [1.82, 2.24) is 10.2 Å². The first-order chi connectivity index (χ1) is 10.3. The van der Waals surface area contributed by atoms with E-state index in [9.17, 15) is 4.79 Å². The van der Waals surface area contributed by atoms with Crippen molar-refractivity contribution in [3.8, 4) is 0 Å². The summed E-state index contributed by atoms with van der Waals surface area (Å²) in [4.78, 5) is 16.5. The van der Waals surface area contributed by atoms with Crippen molar-refractivity contribution < 1.29 is 4.79 Å². The molecule has 120 valence electrons. The lowest BCUT2D eigenvalue weighted by Gasteiger charge is -2.44. The molecule has 1 aromatic rings. The van der Waals surface area contributed by atoms with Gasteiger partial charge in [0.25, 0.3) is 0 Å². The number of hydrogen-bond acceptors (Lipinski definition) is 2. The molecule has 1 unspecified atom stereocenters. The van der Waals surface area contributed by atoms with Crippen molar-refractivity contribution in [3.05, 3.63) is 30.3 Å². The molecule has 1 atom stereocenters. The van der Waals surface area contributed by atoms with Crippen molar-refractivity contribution in [1.29, 1.82) is 0 Å². The molecule has 1 N–H and O–H groups in total. The summed E-state index contributed by atoms with van der Waals surface area (Å²) in [6.07, 6.45) is 0.956. The van der Waals surface area contributed by atoms with E-state index in [4.69, 9.17) is 12.2 Å². The van der Waals surface area contributed by atoms with Crippen molar-refractivity contribution in [2.75, 3.05) is 18.0 Å². The van der Waals surface area contributed by atoms with Crippen LogP contribution in [-0.4, -0.2) is 40.6 Å². The lowest BCUT2D eigenvalue weighted by Crippen LogP contribution is -2.61. The van der Waals surface area contributed by atoms with Crippen LogP contribution in [-0.2, 0) is 4.79 Å². The number of nitrogens with zero attached hydrogens (tertiary/aromatic N) is 2.